The molecule has 0 atom stereocenters. The number of nitrogens with one attached hydrogen (secondary N) is 2. The molecule has 118 valence electrons. The molecule has 0 aromatic heterocycles. The van der Waals surface area contributed by atoms with Gasteiger partial charge in [0.2, 0.25) is 0 Å². The number of benzene rings is 1. The van der Waals surface area contributed by atoms with Gasteiger partial charge in [0, 0.05) is 25.2 Å². The van der Waals surface area contributed by atoms with Crippen LogP contribution in [0.15, 0.2) is 29.3 Å². The van der Waals surface area contributed by atoms with Crippen LogP contribution in [0, 0.1) is 16.0 Å². The number of guanidine groups is 1. The maximum Gasteiger partial charge on any atom is 0.269 e. The molecule has 0 saturated carbocycles. The van der Waals surface area contributed by atoms with E-state index in [9.17, 15) is 10.1 Å². The number of nitrogens with zero attached hydrogens (tertiary/aromatic N) is 2. The van der Waals surface area contributed by atoms with Crippen LogP contribution in [-0.4, -0.2) is 24.0 Å². The van der Waals surface area contributed by atoms with Crippen molar-refractivity contribution >= 4 is 35.6 Å². The van der Waals surface area contributed by atoms with Gasteiger partial charge in [-0.1, -0.05) is 26.0 Å². The van der Waals surface area contributed by atoms with Crippen molar-refractivity contribution in [1.82, 2.24) is 10.6 Å². The smallest absolute Gasteiger partial charge is 0.269 e. The van der Waals surface area contributed by atoms with Crippen molar-refractivity contribution in [3.8, 4) is 0 Å². The summed E-state index contributed by atoms with van der Waals surface area (Å²) in [4.78, 5) is 14.6. The first-order chi connectivity index (χ1) is 9.52. The van der Waals surface area contributed by atoms with Crippen LogP contribution in [0.5, 0.6) is 0 Å². The van der Waals surface area contributed by atoms with E-state index in [0.717, 1.165) is 24.6 Å². The molecule has 1 rings (SSSR count). The van der Waals surface area contributed by atoms with Crippen LogP contribution in [-0.2, 0) is 6.54 Å². The molecule has 2 N–H and O–H groups in total. The van der Waals surface area contributed by atoms with Gasteiger partial charge in [-0.25, -0.2) is 4.99 Å². The average Bonchev–Trinajstić information content (AvgIpc) is 2.42. The summed E-state index contributed by atoms with van der Waals surface area (Å²) in [7, 11) is 0. The van der Waals surface area contributed by atoms with Crippen molar-refractivity contribution in [2.75, 3.05) is 13.1 Å². The van der Waals surface area contributed by atoms with E-state index >= 15 is 0 Å². The first kappa shape index (κ1) is 19.6. The average molecular weight is 406 g/mol. The van der Waals surface area contributed by atoms with E-state index in [2.05, 4.69) is 29.5 Å². The third-order valence-electron chi connectivity index (χ3n) is 2.59. The highest BCUT2D eigenvalue weighted by atomic mass is 127. The number of hydrogen-bond acceptors (Lipinski definition) is 3. The van der Waals surface area contributed by atoms with Crippen molar-refractivity contribution in [3.05, 3.63) is 39.9 Å². The largest absolute Gasteiger partial charge is 0.357 e. The molecular weight excluding hydrogens is 383 g/mol. The second-order valence-corrected chi connectivity index (χ2v) is 4.89. The zero-order chi connectivity index (χ0) is 15.0. The van der Waals surface area contributed by atoms with Crippen molar-refractivity contribution in [3.63, 3.8) is 0 Å². The van der Waals surface area contributed by atoms with Gasteiger partial charge in [0.15, 0.2) is 5.96 Å². The molecule has 0 fully saturated rings. The minimum atomic E-state index is -0.401. The Morgan fingerprint density at radius 1 is 1.29 bits per heavy atom. The quantitative estimate of drug-likeness (QED) is 0.250. The summed E-state index contributed by atoms with van der Waals surface area (Å²) in [5.41, 5.74) is 1.04. The van der Waals surface area contributed by atoms with Crippen LogP contribution in [0.2, 0.25) is 0 Å². The predicted octanol–water partition coefficient (Wildman–Crippen LogP) is 2.92. The Labute approximate surface area is 142 Å². The Balaban J connectivity index is 0.00000400. The zero-order valence-electron chi connectivity index (χ0n) is 12.6. The lowest BCUT2D eigenvalue weighted by atomic mass is 10.2. The lowest BCUT2D eigenvalue weighted by Crippen LogP contribution is -2.39. The normalized spacial score (nSPS) is 11.0. The van der Waals surface area contributed by atoms with Crippen molar-refractivity contribution in [2.45, 2.75) is 27.3 Å². The van der Waals surface area contributed by atoms with Crippen LogP contribution < -0.4 is 10.6 Å². The Bertz CT molecular complexity index is 461. The lowest BCUT2D eigenvalue weighted by molar-refractivity contribution is -0.384. The first-order valence-corrected chi connectivity index (χ1v) is 6.78. The van der Waals surface area contributed by atoms with Crippen LogP contribution in [0.25, 0.3) is 0 Å². The topological polar surface area (TPSA) is 79.6 Å². The molecule has 0 heterocycles. The highest BCUT2D eigenvalue weighted by Gasteiger charge is 2.04. The molecule has 1 aromatic rings. The molecule has 1 aromatic carbocycles. The molecular formula is C14H23IN4O2. The van der Waals surface area contributed by atoms with Gasteiger partial charge in [-0.2, -0.15) is 0 Å². The fraction of sp³-hybridized carbons (Fsp3) is 0.500. The van der Waals surface area contributed by atoms with E-state index in [-0.39, 0.29) is 29.7 Å². The number of aliphatic imine (C=N–C) groups is 1. The van der Waals surface area contributed by atoms with Gasteiger partial charge >= 0.3 is 0 Å². The van der Waals surface area contributed by atoms with E-state index in [1.54, 1.807) is 12.1 Å². The maximum atomic E-state index is 10.6. The molecule has 21 heavy (non-hydrogen) atoms. The number of nitro groups is 1. The highest BCUT2D eigenvalue weighted by molar-refractivity contribution is 14.0. The summed E-state index contributed by atoms with van der Waals surface area (Å²) in [5.74, 6) is 1.30. The molecule has 0 aliphatic heterocycles. The van der Waals surface area contributed by atoms with Crippen LogP contribution in [0.4, 0.5) is 5.69 Å². The van der Waals surface area contributed by atoms with Crippen LogP contribution in [0.1, 0.15) is 26.3 Å². The van der Waals surface area contributed by atoms with Gasteiger partial charge in [0.1, 0.15) is 0 Å². The first-order valence-electron chi connectivity index (χ1n) is 6.78. The summed E-state index contributed by atoms with van der Waals surface area (Å²) >= 11 is 0. The van der Waals surface area contributed by atoms with Gasteiger partial charge < -0.3 is 10.6 Å². The summed E-state index contributed by atoms with van der Waals surface area (Å²) in [6.45, 7) is 8.42. The van der Waals surface area contributed by atoms with Gasteiger partial charge in [-0.15, -0.1) is 24.0 Å². The van der Waals surface area contributed by atoms with Crippen LogP contribution in [0.3, 0.4) is 0 Å². The van der Waals surface area contributed by atoms with E-state index in [0.29, 0.717) is 12.5 Å². The monoisotopic (exact) mass is 406 g/mol. The molecule has 6 nitrogen and oxygen atoms in total. The standard InChI is InChI=1S/C14H22N4O2.HI/c1-4-15-14(16-9-11(2)3)17-10-12-5-7-13(8-6-12)18(19)20;/h5-8,11H,4,9-10H2,1-3H3,(H2,15,16,17);1H. The molecule has 0 bridgehead atoms. The number of non-ortho nitro benzene ring substituents is 1. The molecule has 7 heteroatoms. The van der Waals surface area contributed by atoms with Gasteiger partial charge in [0.05, 0.1) is 11.5 Å². The van der Waals surface area contributed by atoms with Gasteiger partial charge in [0.25, 0.3) is 5.69 Å². The molecule has 0 amide bonds. The fourth-order valence-corrected chi connectivity index (χ4v) is 1.54. The summed E-state index contributed by atoms with van der Waals surface area (Å²) < 4.78 is 0. The van der Waals surface area contributed by atoms with Crippen molar-refractivity contribution < 1.29 is 4.92 Å². The Morgan fingerprint density at radius 2 is 1.90 bits per heavy atom. The Morgan fingerprint density at radius 3 is 2.38 bits per heavy atom. The molecule has 0 unspecified atom stereocenters. The summed E-state index contributed by atoms with van der Waals surface area (Å²) in [6, 6.07) is 6.46. The molecule has 0 spiro atoms. The van der Waals surface area contributed by atoms with E-state index in [1.165, 1.54) is 12.1 Å². The molecule has 0 aliphatic rings. The predicted molar refractivity (Wildman–Crippen MR) is 96.2 cm³/mol. The summed E-state index contributed by atoms with van der Waals surface area (Å²) in [6.07, 6.45) is 0. The van der Waals surface area contributed by atoms with Gasteiger partial charge in [-0.3, -0.25) is 10.1 Å². The fourth-order valence-electron chi connectivity index (χ4n) is 1.54. The Hall–Kier alpha value is -1.38. The SMILES string of the molecule is CCNC(=NCc1ccc([N+](=O)[O-])cc1)NCC(C)C.I. The lowest BCUT2D eigenvalue weighted by Gasteiger charge is -2.12. The zero-order valence-corrected chi connectivity index (χ0v) is 15.0. The highest BCUT2D eigenvalue weighted by Crippen LogP contribution is 2.12. The molecule has 0 aliphatic carbocycles. The molecule has 0 saturated heterocycles. The minimum Gasteiger partial charge on any atom is -0.357 e. The van der Waals surface area contributed by atoms with E-state index in [1.807, 2.05) is 6.92 Å². The molecule has 0 radical (unpaired) electrons. The van der Waals surface area contributed by atoms with E-state index < -0.39 is 4.92 Å². The summed E-state index contributed by atoms with van der Waals surface area (Å²) in [5, 5.41) is 17.0. The number of rotatable bonds is 6. The maximum absolute atomic E-state index is 10.6. The third-order valence-corrected chi connectivity index (χ3v) is 2.59. The second-order valence-electron chi connectivity index (χ2n) is 4.89. The number of halogens is 1. The van der Waals surface area contributed by atoms with Crippen molar-refractivity contribution in [2.24, 2.45) is 10.9 Å². The Kier molecular flexibility index (Phi) is 9.68. The van der Waals surface area contributed by atoms with Crippen LogP contribution >= 0.6 is 24.0 Å². The van der Waals surface area contributed by atoms with Crippen molar-refractivity contribution in [1.29, 1.82) is 0 Å². The minimum absolute atomic E-state index is 0. The number of nitro benzene ring substituents is 1. The number of hydrogen-bond donors (Lipinski definition) is 2. The third kappa shape index (κ3) is 7.84. The van der Waals surface area contributed by atoms with Gasteiger partial charge in [-0.05, 0) is 18.4 Å². The second kappa shape index (κ2) is 10.4. The van der Waals surface area contributed by atoms with E-state index in [4.69, 9.17) is 0 Å².